The van der Waals surface area contributed by atoms with Gasteiger partial charge in [-0.3, -0.25) is 42.8 Å². The zero-order valence-corrected chi connectivity index (χ0v) is 34.0. The zero-order chi connectivity index (χ0) is 43.4. The maximum atomic E-state index is 16.1. The first kappa shape index (κ1) is 43.7. The lowest BCUT2D eigenvalue weighted by Crippen LogP contribution is -2.45. The molecule has 324 valence electrons. The molecule has 7 rings (SSSR count). The summed E-state index contributed by atoms with van der Waals surface area (Å²) >= 11 is 0. The van der Waals surface area contributed by atoms with E-state index in [1.165, 1.54) is 22.1 Å². The Morgan fingerprint density at radius 1 is 1.16 bits per heavy atom. The first-order chi connectivity index (χ1) is 29.3. The van der Waals surface area contributed by atoms with E-state index in [9.17, 15) is 38.8 Å². The second-order valence-electron chi connectivity index (χ2n) is 13.9. The first-order valence-corrected chi connectivity index (χ1v) is 21.2. The monoisotopic (exact) mass is 890 g/mol. The quantitative estimate of drug-likeness (QED) is 0.0655. The molecule has 0 aliphatic carbocycles. The van der Waals surface area contributed by atoms with Gasteiger partial charge in [0.05, 0.1) is 51.4 Å². The van der Waals surface area contributed by atoms with E-state index in [1.807, 2.05) is 6.07 Å². The van der Waals surface area contributed by atoms with E-state index in [0.29, 0.717) is 5.56 Å². The van der Waals surface area contributed by atoms with E-state index in [0.717, 1.165) is 0 Å². The molecule has 6 N–H and O–H groups in total. The number of aromatic nitrogens is 6. The third-order valence-electron chi connectivity index (χ3n) is 9.52. The van der Waals surface area contributed by atoms with Crippen LogP contribution in [0, 0.1) is 17.2 Å². The summed E-state index contributed by atoms with van der Waals surface area (Å²) in [5.41, 5.74) is -0.0928. The summed E-state index contributed by atoms with van der Waals surface area (Å²) in [5.74, 6) is -1.64. The number of aliphatic hydroxyl groups is 1. The summed E-state index contributed by atoms with van der Waals surface area (Å²) in [7, 11) is -8.09. The van der Waals surface area contributed by atoms with Crippen molar-refractivity contribution in [2.24, 2.45) is 5.92 Å². The van der Waals surface area contributed by atoms with Crippen molar-refractivity contribution in [1.29, 1.82) is 5.26 Å². The van der Waals surface area contributed by atoms with E-state index in [4.69, 9.17) is 27.6 Å². The highest BCUT2D eigenvalue weighted by molar-refractivity contribution is 7.48. The molecular weight excluding hydrogens is 851 g/mol. The molecule has 24 nitrogen and oxygen atoms in total. The van der Waals surface area contributed by atoms with E-state index in [-0.39, 0.29) is 53.9 Å². The van der Waals surface area contributed by atoms with Gasteiger partial charge in [0.1, 0.15) is 24.2 Å². The summed E-state index contributed by atoms with van der Waals surface area (Å²) in [6, 6.07) is 10.2. The Hall–Kier alpha value is -5.38. The molecule has 2 fully saturated rings. The average molecular weight is 891 g/mol. The fourth-order valence-corrected chi connectivity index (χ4v) is 8.41. The fourth-order valence-electron chi connectivity index (χ4n) is 6.61. The summed E-state index contributed by atoms with van der Waals surface area (Å²) in [6.07, 6.45) is -8.44. The van der Waals surface area contributed by atoms with Gasteiger partial charge >= 0.3 is 16.1 Å². The Balaban J connectivity index is 1.11. The number of anilines is 4. The number of carbonyl (C=O) groups excluding carboxylic acids is 2. The maximum Gasteiger partial charge on any atom is 0.695 e. The van der Waals surface area contributed by atoms with Gasteiger partial charge in [-0.15, -0.1) is 9.42 Å². The molecule has 6 heterocycles. The number of imidazole rings is 1. The fraction of sp³-hybridized carbons (Fsp3) is 0.471. The summed E-state index contributed by atoms with van der Waals surface area (Å²) in [5, 5.41) is 27.1. The molecule has 3 aromatic heterocycles. The van der Waals surface area contributed by atoms with Crippen LogP contribution >= 0.6 is 16.1 Å². The summed E-state index contributed by atoms with van der Waals surface area (Å²) in [4.78, 5) is 68.7. The van der Waals surface area contributed by atoms with Crippen LogP contribution in [0.2, 0.25) is 0 Å². The molecule has 61 heavy (non-hydrogen) atoms. The minimum atomic E-state index is -4.90. The van der Waals surface area contributed by atoms with Crippen molar-refractivity contribution in [3.63, 3.8) is 0 Å². The number of nitrogens with zero attached hydrogens (tertiary/aromatic N) is 7. The van der Waals surface area contributed by atoms with Gasteiger partial charge in [-0.05, 0) is 12.1 Å². The number of H-pyrrole nitrogens is 1. The molecule has 0 saturated carbocycles. The van der Waals surface area contributed by atoms with Crippen molar-refractivity contribution in [2.75, 3.05) is 47.3 Å². The molecular formula is C34H39FN11O13P2+. The predicted molar refractivity (Wildman–Crippen MR) is 207 cm³/mol. The number of alkyl halides is 1. The van der Waals surface area contributed by atoms with E-state index in [2.05, 4.69) is 40.9 Å². The molecule has 0 spiro atoms. The topological polar surface area (TPSA) is 317 Å². The van der Waals surface area contributed by atoms with Crippen LogP contribution in [0.1, 0.15) is 43.3 Å². The number of aliphatic hydroxyl groups excluding tert-OH is 1. The molecule has 3 aliphatic heterocycles. The number of phosphoric acid groups is 1. The molecule has 2 saturated heterocycles. The van der Waals surface area contributed by atoms with E-state index < -0.39 is 102 Å². The van der Waals surface area contributed by atoms with Gasteiger partial charge in [0.2, 0.25) is 11.9 Å². The number of carbonyl (C=O) groups is 2. The number of halogens is 1. The molecule has 9 atom stereocenters. The van der Waals surface area contributed by atoms with Crippen LogP contribution in [0.25, 0.3) is 11.2 Å². The van der Waals surface area contributed by atoms with Crippen LogP contribution in [0.3, 0.4) is 0 Å². The Morgan fingerprint density at radius 3 is 2.67 bits per heavy atom. The van der Waals surface area contributed by atoms with Crippen LogP contribution in [-0.4, -0.2) is 115 Å². The number of phosphoric ester groups is 1. The van der Waals surface area contributed by atoms with Gasteiger partial charge in [-0.25, -0.2) is 23.9 Å². The molecule has 1 aromatic carbocycles. The molecule has 4 aromatic rings. The highest BCUT2D eigenvalue weighted by atomic mass is 31.2. The Kier molecular flexibility index (Phi) is 13.4. The molecule has 27 heteroatoms. The van der Waals surface area contributed by atoms with Crippen LogP contribution in [0.15, 0.2) is 47.8 Å². The Labute approximate surface area is 345 Å². The van der Waals surface area contributed by atoms with Crippen molar-refractivity contribution in [3.8, 4) is 6.07 Å². The average Bonchev–Trinajstić information content (AvgIpc) is 4.02. The third-order valence-corrected chi connectivity index (χ3v) is 11.4. The van der Waals surface area contributed by atoms with Gasteiger partial charge in [-0.2, -0.15) is 10.2 Å². The SMILES string of the molecule is CC(C)C(=O)Nc1nc2c(c(=O)[nH]1)NCN2[C@@H]1O[C@H](CO)[C@@H](F)[C@H]1OP(=O)(OCCC#N)OC[C@@H]1C[C@@H](O[P+](=O)O)[C@H](n2cnc3c(NC(=O)c4ccccc4)ncnc32)O1. The van der Waals surface area contributed by atoms with Crippen LogP contribution in [-0.2, 0) is 41.5 Å². The normalized spacial score (nSPS) is 24.6. The van der Waals surface area contributed by atoms with E-state index in [1.54, 1.807) is 44.2 Å². The largest absolute Gasteiger partial charge is 0.695 e. The number of hydrogen-bond acceptors (Lipinski definition) is 19. The number of ether oxygens (including phenoxy) is 2. The molecule has 3 aliphatic rings. The van der Waals surface area contributed by atoms with Crippen molar-refractivity contribution in [1.82, 2.24) is 29.5 Å². The number of amides is 2. The second kappa shape index (κ2) is 18.7. The highest BCUT2D eigenvalue weighted by Gasteiger charge is 2.54. The van der Waals surface area contributed by atoms with E-state index >= 15 is 4.39 Å². The second-order valence-corrected chi connectivity index (χ2v) is 16.2. The van der Waals surface area contributed by atoms with Crippen molar-refractivity contribution >= 4 is 62.3 Å². The zero-order valence-electron chi connectivity index (χ0n) is 32.2. The number of benzene rings is 1. The van der Waals surface area contributed by atoms with Crippen LogP contribution in [0.4, 0.5) is 27.7 Å². The highest BCUT2D eigenvalue weighted by Crippen LogP contribution is 2.54. The van der Waals surface area contributed by atoms with Gasteiger partial charge in [-0.1, -0.05) is 32.0 Å². The molecule has 2 amide bonds. The number of hydrogen-bond donors (Lipinski definition) is 6. The van der Waals surface area contributed by atoms with Gasteiger partial charge in [0.25, 0.3) is 11.5 Å². The Morgan fingerprint density at radius 2 is 1.95 bits per heavy atom. The van der Waals surface area contributed by atoms with Crippen LogP contribution in [0.5, 0.6) is 0 Å². The summed E-state index contributed by atoms with van der Waals surface area (Å²) in [6.45, 7) is 1.11. The number of nitrogens with one attached hydrogen (secondary N) is 4. The lowest BCUT2D eigenvalue weighted by atomic mass is 10.1. The standard InChI is InChI=1S/C34H38FN11O13P2/c1-17(2)29(48)43-34-42-28-24(31(50)44-34)40-16-46(28)33-25(22(35)21(12-47)57-33)59-61(53,54-10-6-9-36)55-13-19-11-20(58-60(51)52)32(56-19)45-15-39-23-26(37-14-38-27(23)45)41-30(49)18-7-4-3-5-8-18/h3-5,7-8,14-15,17,19-22,25,32-33,40,47H,6,10-13,16H2,1-2H3,(H3-,37,38,41,42,43,44,48,49,50,51,52)/p+1/t19-,20+,21+,22+,25+,32+,33+,61?/m0/s1. The summed E-state index contributed by atoms with van der Waals surface area (Å²) < 4.78 is 77.9. The van der Waals surface area contributed by atoms with Gasteiger partial charge < -0.3 is 30.1 Å². The van der Waals surface area contributed by atoms with Gasteiger partial charge in [0, 0.05) is 22.5 Å². The number of fused-ring (bicyclic) bond motifs is 2. The van der Waals surface area contributed by atoms with Crippen molar-refractivity contribution < 1.29 is 60.7 Å². The minimum Gasteiger partial charge on any atom is -0.394 e. The predicted octanol–water partition coefficient (Wildman–Crippen LogP) is 2.46. The smallest absolute Gasteiger partial charge is 0.394 e. The Bertz CT molecular complexity index is 2420. The molecule has 0 radical (unpaired) electrons. The number of aromatic amines is 1. The lowest BCUT2D eigenvalue weighted by molar-refractivity contribution is -0.118. The maximum absolute atomic E-state index is 16.1. The van der Waals surface area contributed by atoms with Gasteiger partial charge in [0.15, 0.2) is 47.5 Å². The number of rotatable bonds is 17. The lowest BCUT2D eigenvalue weighted by Gasteiger charge is -2.31. The third kappa shape index (κ3) is 9.58. The number of nitriles is 1. The van der Waals surface area contributed by atoms with Crippen LogP contribution < -0.4 is 26.4 Å². The molecule has 2 unspecified atom stereocenters. The molecule has 0 bridgehead atoms. The minimum absolute atomic E-state index is 0.0583. The van der Waals surface area contributed by atoms with Crippen molar-refractivity contribution in [2.45, 2.75) is 69.7 Å². The first-order valence-electron chi connectivity index (χ1n) is 18.6. The van der Waals surface area contributed by atoms with Crippen molar-refractivity contribution in [3.05, 3.63) is 58.9 Å².